The minimum Gasteiger partial charge on any atom is -0.427 e. The van der Waals surface area contributed by atoms with Crippen molar-refractivity contribution in [2.45, 2.75) is 25.5 Å². The molecule has 0 bridgehead atoms. The van der Waals surface area contributed by atoms with E-state index in [-0.39, 0.29) is 11.9 Å². The first-order chi connectivity index (χ1) is 13.5. The van der Waals surface area contributed by atoms with Gasteiger partial charge >= 0.3 is 11.9 Å². The summed E-state index contributed by atoms with van der Waals surface area (Å²) in [5.74, 6) is 1.32. The first-order valence-electron chi connectivity index (χ1n) is 8.82. The Balaban J connectivity index is 1.73. The Bertz CT molecular complexity index is 1040. The molecule has 1 aliphatic heterocycles. The maximum absolute atomic E-state index is 11.1. The Hall–Kier alpha value is -3.06. The molecular formula is C21H18N2O4S. The molecule has 6 nitrogen and oxygen atoms in total. The van der Waals surface area contributed by atoms with Crippen molar-refractivity contribution in [2.24, 2.45) is 0 Å². The average molecular weight is 394 g/mol. The molecule has 4 rings (SSSR count). The van der Waals surface area contributed by atoms with E-state index >= 15 is 0 Å². The minimum atomic E-state index is -0.348. The topological polar surface area (TPSA) is 70.4 Å². The minimum absolute atomic E-state index is 0.344. The van der Waals surface area contributed by atoms with Crippen LogP contribution in [0, 0.1) is 0 Å². The zero-order valence-electron chi connectivity index (χ0n) is 15.5. The Morgan fingerprint density at radius 2 is 1.43 bits per heavy atom. The molecule has 0 N–H and O–H groups in total. The van der Waals surface area contributed by atoms with E-state index in [0.29, 0.717) is 11.5 Å². The maximum atomic E-state index is 11.1. The van der Waals surface area contributed by atoms with Gasteiger partial charge in [0.05, 0.1) is 11.4 Å². The van der Waals surface area contributed by atoms with Crippen LogP contribution in [0.2, 0.25) is 0 Å². The molecule has 0 fully saturated rings. The van der Waals surface area contributed by atoms with Crippen molar-refractivity contribution >= 4 is 23.7 Å². The van der Waals surface area contributed by atoms with E-state index in [0.717, 1.165) is 40.0 Å². The van der Waals surface area contributed by atoms with Gasteiger partial charge in [-0.05, 0) is 48.5 Å². The van der Waals surface area contributed by atoms with Gasteiger partial charge in [0.15, 0.2) is 5.16 Å². The van der Waals surface area contributed by atoms with Crippen LogP contribution in [0.15, 0.2) is 53.7 Å². The van der Waals surface area contributed by atoms with Gasteiger partial charge in [0.2, 0.25) is 0 Å². The van der Waals surface area contributed by atoms with Crippen LogP contribution < -0.4 is 9.47 Å². The van der Waals surface area contributed by atoms with Gasteiger partial charge in [-0.3, -0.25) is 9.59 Å². The van der Waals surface area contributed by atoms with Crippen LogP contribution in [0.1, 0.15) is 13.8 Å². The van der Waals surface area contributed by atoms with Crippen molar-refractivity contribution in [1.29, 1.82) is 0 Å². The quantitative estimate of drug-likeness (QED) is 0.489. The van der Waals surface area contributed by atoms with Crippen LogP contribution >= 0.6 is 11.8 Å². The average Bonchev–Trinajstić information content (AvgIpc) is 3.23. The number of rotatable bonds is 4. The molecule has 1 aromatic heterocycles. The van der Waals surface area contributed by atoms with E-state index in [9.17, 15) is 9.59 Å². The fourth-order valence-corrected chi connectivity index (χ4v) is 4.12. The van der Waals surface area contributed by atoms with Crippen molar-refractivity contribution in [3.05, 3.63) is 48.5 Å². The normalized spacial score (nSPS) is 12.5. The van der Waals surface area contributed by atoms with Gasteiger partial charge < -0.3 is 14.0 Å². The number of carbonyl (C=O) groups is 2. The summed E-state index contributed by atoms with van der Waals surface area (Å²) in [5, 5.41) is 0.984. The fourth-order valence-electron chi connectivity index (χ4n) is 3.17. The number of esters is 2. The highest BCUT2D eigenvalue weighted by molar-refractivity contribution is 7.99. The largest absolute Gasteiger partial charge is 0.427 e. The van der Waals surface area contributed by atoms with Crippen molar-refractivity contribution in [1.82, 2.24) is 9.55 Å². The number of fused-ring (bicyclic) bond motifs is 1. The van der Waals surface area contributed by atoms with Crippen molar-refractivity contribution in [2.75, 3.05) is 5.75 Å². The monoisotopic (exact) mass is 394 g/mol. The number of hydrogen-bond acceptors (Lipinski definition) is 6. The Kier molecular flexibility index (Phi) is 4.92. The molecule has 0 aliphatic carbocycles. The zero-order valence-corrected chi connectivity index (χ0v) is 16.3. The van der Waals surface area contributed by atoms with Crippen LogP contribution in [0.25, 0.3) is 22.5 Å². The molecule has 142 valence electrons. The summed E-state index contributed by atoms with van der Waals surface area (Å²) >= 11 is 1.73. The molecule has 0 radical (unpaired) electrons. The molecule has 0 spiro atoms. The van der Waals surface area contributed by atoms with E-state index in [1.54, 1.807) is 36.0 Å². The summed E-state index contributed by atoms with van der Waals surface area (Å²) in [6, 6.07) is 14.8. The lowest BCUT2D eigenvalue weighted by molar-refractivity contribution is -0.132. The van der Waals surface area contributed by atoms with Gasteiger partial charge in [-0.1, -0.05) is 11.8 Å². The standard InChI is InChI=1S/C21H18N2O4S/c1-13(24)26-17-7-3-15(4-8-17)19-20(23-11-12-28-21(23)22-19)16-5-9-18(10-6-16)27-14(2)25/h3-10H,11-12H2,1-2H3. The maximum Gasteiger partial charge on any atom is 0.308 e. The third-order valence-corrected chi connectivity index (χ3v) is 5.21. The van der Waals surface area contributed by atoms with Crippen LogP contribution in [0.3, 0.4) is 0 Å². The molecule has 1 aliphatic rings. The SMILES string of the molecule is CC(=O)Oc1ccc(-c2nc3n(c2-c2ccc(OC(C)=O)cc2)CCS3)cc1. The third-order valence-electron chi connectivity index (χ3n) is 4.26. The third kappa shape index (κ3) is 3.66. The van der Waals surface area contributed by atoms with Crippen LogP contribution in [-0.4, -0.2) is 27.2 Å². The Morgan fingerprint density at radius 1 is 0.893 bits per heavy atom. The van der Waals surface area contributed by atoms with Crippen molar-refractivity contribution in [3.63, 3.8) is 0 Å². The molecule has 0 saturated carbocycles. The van der Waals surface area contributed by atoms with E-state index < -0.39 is 0 Å². The van der Waals surface area contributed by atoms with E-state index in [4.69, 9.17) is 14.5 Å². The number of carbonyl (C=O) groups excluding carboxylic acids is 2. The van der Waals surface area contributed by atoms with Gasteiger partial charge in [0, 0.05) is 37.3 Å². The van der Waals surface area contributed by atoms with Crippen LogP contribution in [-0.2, 0) is 16.1 Å². The molecule has 0 amide bonds. The number of thioether (sulfide) groups is 1. The fraction of sp³-hybridized carbons (Fsp3) is 0.190. The molecule has 0 unspecified atom stereocenters. The van der Waals surface area contributed by atoms with Crippen molar-refractivity contribution in [3.8, 4) is 34.0 Å². The zero-order chi connectivity index (χ0) is 19.7. The predicted molar refractivity (Wildman–Crippen MR) is 106 cm³/mol. The molecule has 0 saturated heterocycles. The number of imidazole rings is 1. The molecule has 0 atom stereocenters. The van der Waals surface area contributed by atoms with Gasteiger partial charge in [-0.15, -0.1) is 0 Å². The van der Waals surface area contributed by atoms with Gasteiger partial charge in [0.1, 0.15) is 11.5 Å². The highest BCUT2D eigenvalue weighted by atomic mass is 32.2. The summed E-state index contributed by atoms with van der Waals surface area (Å²) in [6.07, 6.45) is 0. The van der Waals surface area contributed by atoms with E-state index in [1.165, 1.54) is 13.8 Å². The number of hydrogen-bond donors (Lipinski definition) is 0. The lowest BCUT2D eigenvalue weighted by atomic mass is 10.0. The summed E-state index contributed by atoms with van der Waals surface area (Å²) in [6.45, 7) is 3.65. The first-order valence-corrected chi connectivity index (χ1v) is 9.81. The van der Waals surface area contributed by atoms with E-state index in [1.807, 2.05) is 24.3 Å². The number of ether oxygens (including phenoxy) is 2. The molecule has 2 heterocycles. The molecule has 3 aromatic rings. The predicted octanol–water partition coefficient (Wildman–Crippen LogP) is 4.17. The van der Waals surface area contributed by atoms with Gasteiger partial charge in [0.25, 0.3) is 0 Å². The molecule has 28 heavy (non-hydrogen) atoms. The number of aromatic nitrogens is 2. The summed E-state index contributed by atoms with van der Waals surface area (Å²) in [7, 11) is 0. The summed E-state index contributed by atoms with van der Waals surface area (Å²) in [4.78, 5) is 27.1. The molecular weight excluding hydrogens is 376 g/mol. The lowest BCUT2D eigenvalue weighted by Gasteiger charge is -2.10. The van der Waals surface area contributed by atoms with E-state index in [2.05, 4.69) is 4.57 Å². The van der Waals surface area contributed by atoms with Crippen LogP contribution in [0.5, 0.6) is 11.5 Å². The molecule has 7 heteroatoms. The molecule has 2 aromatic carbocycles. The van der Waals surface area contributed by atoms with Crippen molar-refractivity contribution < 1.29 is 19.1 Å². The van der Waals surface area contributed by atoms with Gasteiger partial charge in [-0.2, -0.15) is 0 Å². The second kappa shape index (κ2) is 7.52. The summed E-state index contributed by atoms with van der Waals surface area (Å²) < 4.78 is 12.5. The highest BCUT2D eigenvalue weighted by Gasteiger charge is 2.24. The Morgan fingerprint density at radius 3 is 1.96 bits per heavy atom. The van der Waals surface area contributed by atoms with Crippen LogP contribution in [0.4, 0.5) is 0 Å². The summed E-state index contributed by atoms with van der Waals surface area (Å²) in [5.41, 5.74) is 3.83. The second-order valence-corrected chi connectivity index (χ2v) is 7.39. The second-order valence-electron chi connectivity index (χ2n) is 6.33. The van der Waals surface area contributed by atoms with Gasteiger partial charge in [-0.25, -0.2) is 4.98 Å². The Labute approximate surface area is 166 Å². The highest BCUT2D eigenvalue weighted by Crippen LogP contribution is 2.39. The lowest BCUT2D eigenvalue weighted by Crippen LogP contribution is -2.02. The number of benzene rings is 2. The first kappa shape index (κ1) is 18.3. The number of nitrogens with zero attached hydrogens (tertiary/aromatic N) is 2. The smallest absolute Gasteiger partial charge is 0.308 e.